The van der Waals surface area contributed by atoms with Gasteiger partial charge in [-0.2, -0.15) is 10.1 Å². The second-order valence-corrected chi connectivity index (χ2v) is 6.22. The molecular formula is C16H14N4O2S. The molecule has 7 heteroatoms. The fraction of sp³-hybridized carbons (Fsp3) is 0.188. The van der Waals surface area contributed by atoms with E-state index in [0.717, 1.165) is 22.1 Å². The number of aromatic nitrogens is 4. The van der Waals surface area contributed by atoms with E-state index in [4.69, 9.17) is 8.94 Å². The van der Waals surface area contributed by atoms with Crippen molar-refractivity contribution in [2.24, 2.45) is 0 Å². The number of nitrogens with zero attached hydrogens (tertiary/aromatic N) is 3. The van der Waals surface area contributed by atoms with Crippen molar-refractivity contribution in [1.82, 2.24) is 20.3 Å². The average Bonchev–Trinajstić information content (AvgIpc) is 3.30. The van der Waals surface area contributed by atoms with Crippen LogP contribution in [0.2, 0.25) is 0 Å². The predicted molar refractivity (Wildman–Crippen MR) is 86.2 cm³/mol. The predicted octanol–water partition coefficient (Wildman–Crippen LogP) is 4.24. The number of nitrogens with one attached hydrogen (secondary N) is 1. The lowest BCUT2D eigenvalue weighted by Crippen LogP contribution is -1.96. The molecule has 0 amide bonds. The molecule has 0 radical (unpaired) electrons. The smallest absolute Gasteiger partial charge is 0.278 e. The third-order valence-electron chi connectivity index (χ3n) is 3.60. The van der Waals surface area contributed by atoms with Gasteiger partial charge in [0.2, 0.25) is 0 Å². The molecule has 0 fully saturated rings. The molecule has 4 heterocycles. The summed E-state index contributed by atoms with van der Waals surface area (Å²) in [5.74, 6) is 2.58. The van der Waals surface area contributed by atoms with Crippen LogP contribution in [0, 0.1) is 6.92 Å². The third kappa shape index (κ3) is 2.59. The molecule has 0 aliphatic heterocycles. The van der Waals surface area contributed by atoms with Crippen LogP contribution >= 0.6 is 11.3 Å². The maximum Gasteiger partial charge on any atom is 0.278 e. The molecule has 1 atom stereocenters. The van der Waals surface area contributed by atoms with Gasteiger partial charge in [-0.25, -0.2) is 0 Å². The Hall–Kier alpha value is -2.67. The lowest BCUT2D eigenvalue weighted by Gasteiger charge is -2.01. The summed E-state index contributed by atoms with van der Waals surface area (Å²) in [4.78, 5) is 5.56. The van der Waals surface area contributed by atoms with E-state index in [1.165, 1.54) is 0 Å². The molecule has 1 N–H and O–H groups in total. The number of rotatable bonds is 4. The molecule has 0 aliphatic rings. The molecule has 0 aromatic carbocycles. The molecule has 0 saturated carbocycles. The molecule has 6 nitrogen and oxygen atoms in total. The van der Waals surface area contributed by atoms with E-state index in [9.17, 15) is 0 Å². The van der Waals surface area contributed by atoms with Crippen LogP contribution in [0.3, 0.4) is 0 Å². The van der Waals surface area contributed by atoms with Crippen molar-refractivity contribution in [3.05, 3.63) is 53.1 Å². The molecular weight excluding hydrogens is 312 g/mol. The number of hydrogen-bond donors (Lipinski definition) is 1. The van der Waals surface area contributed by atoms with Crippen LogP contribution < -0.4 is 0 Å². The van der Waals surface area contributed by atoms with Crippen LogP contribution in [-0.2, 0) is 0 Å². The van der Waals surface area contributed by atoms with E-state index < -0.39 is 0 Å². The van der Waals surface area contributed by atoms with E-state index in [-0.39, 0.29) is 5.92 Å². The summed E-state index contributed by atoms with van der Waals surface area (Å²) >= 11 is 1.64. The molecule has 4 aromatic rings. The first kappa shape index (κ1) is 14.0. The van der Waals surface area contributed by atoms with Crippen LogP contribution in [0.25, 0.3) is 22.2 Å². The Kier molecular flexibility index (Phi) is 3.34. The van der Waals surface area contributed by atoms with Gasteiger partial charge in [0.05, 0.1) is 16.5 Å². The largest absolute Gasteiger partial charge is 0.466 e. The number of hydrogen-bond acceptors (Lipinski definition) is 6. The first-order chi connectivity index (χ1) is 11.2. The Balaban J connectivity index is 1.61. The van der Waals surface area contributed by atoms with Crippen LogP contribution in [0.4, 0.5) is 0 Å². The molecule has 0 saturated heterocycles. The van der Waals surface area contributed by atoms with E-state index in [2.05, 4.69) is 20.3 Å². The minimum absolute atomic E-state index is 0.0723. The van der Waals surface area contributed by atoms with Crippen molar-refractivity contribution in [1.29, 1.82) is 0 Å². The molecule has 0 bridgehead atoms. The summed E-state index contributed by atoms with van der Waals surface area (Å²) < 4.78 is 11.0. The highest BCUT2D eigenvalue weighted by atomic mass is 32.1. The van der Waals surface area contributed by atoms with Crippen molar-refractivity contribution in [3.63, 3.8) is 0 Å². The zero-order valence-corrected chi connectivity index (χ0v) is 13.4. The zero-order valence-electron chi connectivity index (χ0n) is 12.6. The van der Waals surface area contributed by atoms with Crippen LogP contribution in [0.5, 0.6) is 0 Å². The van der Waals surface area contributed by atoms with Gasteiger partial charge < -0.3 is 8.94 Å². The summed E-state index contributed by atoms with van der Waals surface area (Å²) in [5, 5.41) is 13.3. The third-order valence-corrected chi connectivity index (χ3v) is 4.50. The highest BCUT2D eigenvalue weighted by molar-refractivity contribution is 7.13. The monoisotopic (exact) mass is 326 g/mol. The highest BCUT2D eigenvalue weighted by Gasteiger charge is 2.20. The van der Waals surface area contributed by atoms with Crippen molar-refractivity contribution in [2.75, 3.05) is 0 Å². The van der Waals surface area contributed by atoms with Crippen LogP contribution in [-0.4, -0.2) is 20.3 Å². The molecule has 4 rings (SSSR count). The Morgan fingerprint density at radius 2 is 2.17 bits per heavy atom. The van der Waals surface area contributed by atoms with Crippen molar-refractivity contribution in [3.8, 4) is 22.2 Å². The van der Waals surface area contributed by atoms with Gasteiger partial charge in [0.25, 0.3) is 5.89 Å². The van der Waals surface area contributed by atoms with Gasteiger partial charge in [-0.3, -0.25) is 5.10 Å². The molecule has 116 valence electrons. The molecule has 4 aromatic heterocycles. The minimum Gasteiger partial charge on any atom is -0.466 e. The Morgan fingerprint density at radius 3 is 2.91 bits per heavy atom. The minimum atomic E-state index is -0.0723. The number of thiophene rings is 1. The fourth-order valence-electron chi connectivity index (χ4n) is 2.32. The first-order valence-corrected chi connectivity index (χ1v) is 8.08. The van der Waals surface area contributed by atoms with Crippen molar-refractivity contribution in [2.45, 2.75) is 19.8 Å². The zero-order chi connectivity index (χ0) is 15.8. The molecule has 1 unspecified atom stereocenters. The van der Waals surface area contributed by atoms with Gasteiger partial charge in [-0.15, -0.1) is 11.3 Å². The Labute approximate surface area is 136 Å². The van der Waals surface area contributed by atoms with Gasteiger partial charge in [-0.05, 0) is 43.5 Å². The maximum absolute atomic E-state index is 5.63. The SMILES string of the molecule is Cc1ccc(C(C)c2noc(-c3cc(-c4cccs4)[nH]n3)n2)o1. The highest BCUT2D eigenvalue weighted by Crippen LogP contribution is 2.28. The second kappa shape index (κ2) is 5.51. The second-order valence-electron chi connectivity index (χ2n) is 5.27. The fourth-order valence-corrected chi connectivity index (χ4v) is 3.01. The van der Waals surface area contributed by atoms with Gasteiger partial charge in [0, 0.05) is 0 Å². The topological polar surface area (TPSA) is 80.7 Å². The summed E-state index contributed by atoms with van der Waals surface area (Å²) in [6.45, 7) is 3.89. The van der Waals surface area contributed by atoms with Crippen LogP contribution in [0.1, 0.15) is 30.2 Å². The number of H-pyrrole nitrogens is 1. The standard InChI is InChI=1S/C16H14N4O2S/c1-9-5-6-13(21-9)10(2)15-17-16(22-20-15)12-8-11(18-19-12)14-4-3-7-23-14/h3-8,10H,1-2H3,(H,18,19). The number of aryl methyl sites for hydroxylation is 1. The van der Waals surface area contributed by atoms with Crippen molar-refractivity contribution >= 4 is 11.3 Å². The summed E-state index contributed by atoms with van der Waals surface area (Å²) in [6.07, 6.45) is 0. The number of furan rings is 1. The van der Waals surface area contributed by atoms with Gasteiger partial charge in [0.1, 0.15) is 11.5 Å². The Bertz CT molecular complexity index is 920. The van der Waals surface area contributed by atoms with Crippen molar-refractivity contribution < 1.29 is 8.94 Å². The molecule has 0 spiro atoms. The molecule has 0 aliphatic carbocycles. The van der Waals surface area contributed by atoms with Gasteiger partial charge in [-0.1, -0.05) is 11.2 Å². The lowest BCUT2D eigenvalue weighted by molar-refractivity contribution is 0.409. The number of aromatic amines is 1. The van der Waals surface area contributed by atoms with E-state index >= 15 is 0 Å². The van der Waals surface area contributed by atoms with Crippen LogP contribution in [0.15, 0.2) is 44.7 Å². The normalized spacial score (nSPS) is 12.6. The maximum atomic E-state index is 5.63. The Morgan fingerprint density at radius 1 is 1.26 bits per heavy atom. The van der Waals surface area contributed by atoms with Gasteiger partial charge in [0.15, 0.2) is 11.5 Å². The van der Waals surface area contributed by atoms with E-state index in [1.807, 2.05) is 49.6 Å². The average molecular weight is 326 g/mol. The lowest BCUT2D eigenvalue weighted by atomic mass is 10.1. The van der Waals surface area contributed by atoms with Gasteiger partial charge >= 0.3 is 0 Å². The van der Waals surface area contributed by atoms with E-state index in [0.29, 0.717) is 17.4 Å². The summed E-state index contributed by atoms with van der Waals surface area (Å²) in [7, 11) is 0. The van der Waals surface area contributed by atoms with E-state index in [1.54, 1.807) is 11.3 Å². The first-order valence-electron chi connectivity index (χ1n) is 7.20. The quantitative estimate of drug-likeness (QED) is 0.606. The molecule has 23 heavy (non-hydrogen) atoms. The summed E-state index contributed by atoms with van der Waals surface area (Å²) in [6, 6.07) is 9.79. The summed E-state index contributed by atoms with van der Waals surface area (Å²) in [5.41, 5.74) is 1.57.